The normalized spacial score (nSPS) is 19.9. The molecule has 1 saturated carbocycles. The van der Waals surface area contributed by atoms with Gasteiger partial charge in [0.25, 0.3) is 0 Å². The lowest BCUT2D eigenvalue weighted by Crippen LogP contribution is -2.37. The number of nitrogens with one attached hydrogen (secondary N) is 2. The lowest BCUT2D eigenvalue weighted by atomic mass is 9.79. The molecule has 1 fully saturated rings. The van der Waals surface area contributed by atoms with Crippen LogP contribution in [0.1, 0.15) is 63.6 Å². The second-order valence-corrected chi connectivity index (χ2v) is 10.3. The molecular formula is C29H41N5O. The minimum absolute atomic E-state index is 0.0975. The van der Waals surface area contributed by atoms with Gasteiger partial charge in [0.2, 0.25) is 5.91 Å². The average molecular weight is 476 g/mol. The van der Waals surface area contributed by atoms with Gasteiger partial charge in [-0.15, -0.1) is 0 Å². The van der Waals surface area contributed by atoms with Crippen LogP contribution in [0.25, 0.3) is 10.9 Å². The molecule has 1 amide bonds. The van der Waals surface area contributed by atoms with Crippen LogP contribution >= 0.6 is 0 Å². The van der Waals surface area contributed by atoms with Crippen LogP contribution in [0.4, 0.5) is 5.82 Å². The van der Waals surface area contributed by atoms with E-state index >= 15 is 0 Å². The van der Waals surface area contributed by atoms with Gasteiger partial charge in [0.05, 0.1) is 12.1 Å². The zero-order valence-corrected chi connectivity index (χ0v) is 21.4. The molecule has 4 rings (SSSR count). The number of anilines is 1. The number of rotatable bonds is 11. The van der Waals surface area contributed by atoms with Crippen molar-refractivity contribution >= 4 is 22.6 Å². The summed E-state index contributed by atoms with van der Waals surface area (Å²) in [6, 6.07) is 8.27. The fourth-order valence-corrected chi connectivity index (χ4v) is 5.25. The van der Waals surface area contributed by atoms with Crippen molar-refractivity contribution in [3.05, 3.63) is 54.0 Å². The summed E-state index contributed by atoms with van der Waals surface area (Å²) in [4.78, 5) is 23.9. The average Bonchev–Trinajstić information content (AvgIpc) is 2.89. The molecule has 2 N–H and O–H groups in total. The van der Waals surface area contributed by atoms with Gasteiger partial charge in [-0.1, -0.05) is 50.0 Å². The Morgan fingerprint density at radius 1 is 1.03 bits per heavy atom. The zero-order chi connectivity index (χ0) is 24.5. The number of nitrogens with zero attached hydrogens (tertiary/aromatic N) is 3. The molecule has 0 atom stereocenters. The summed E-state index contributed by atoms with van der Waals surface area (Å²) < 4.78 is 0. The summed E-state index contributed by atoms with van der Waals surface area (Å²) in [5, 5.41) is 7.47. The molecule has 1 aromatic carbocycles. The van der Waals surface area contributed by atoms with Crippen molar-refractivity contribution in [1.82, 2.24) is 20.6 Å². The van der Waals surface area contributed by atoms with Crippen molar-refractivity contribution in [1.29, 1.82) is 0 Å². The lowest BCUT2D eigenvalue weighted by molar-refractivity contribution is -0.120. The predicted octanol–water partition coefficient (Wildman–Crippen LogP) is 5.15. The van der Waals surface area contributed by atoms with Crippen molar-refractivity contribution in [3.63, 3.8) is 0 Å². The molecule has 0 bridgehead atoms. The van der Waals surface area contributed by atoms with E-state index in [9.17, 15) is 4.79 Å². The number of carbonyl (C=O) groups excluding carboxylic acids is 1. The van der Waals surface area contributed by atoms with Crippen LogP contribution in [-0.2, 0) is 11.2 Å². The molecule has 35 heavy (non-hydrogen) atoms. The third kappa shape index (κ3) is 7.55. The van der Waals surface area contributed by atoms with Crippen molar-refractivity contribution in [2.24, 2.45) is 11.8 Å². The molecule has 6 heteroatoms. The molecule has 0 radical (unpaired) electrons. The van der Waals surface area contributed by atoms with E-state index in [-0.39, 0.29) is 5.91 Å². The molecule has 0 spiro atoms. The van der Waals surface area contributed by atoms with Gasteiger partial charge in [0.15, 0.2) is 0 Å². The van der Waals surface area contributed by atoms with Gasteiger partial charge in [-0.3, -0.25) is 4.79 Å². The van der Waals surface area contributed by atoms with E-state index in [4.69, 9.17) is 9.97 Å². The van der Waals surface area contributed by atoms with E-state index in [2.05, 4.69) is 45.9 Å². The fraction of sp³-hybridized carbons (Fsp3) is 0.552. The number of carbonyl (C=O) groups is 1. The standard InChI is InChI=1S/C29H41N5O/c1-34(2)29-25-13-7-8-14-26(25)32-27(33-29)15-9-6-10-22-16-18-23(19-17-22)20-31-28(35)21-30-24-11-4-3-5-12-24/h4,7-8,11-14,22-23,30H,3,5-6,9-10,15-21H2,1-2H3,(H,31,35). The highest BCUT2D eigenvalue weighted by atomic mass is 16.1. The molecule has 1 heterocycles. The summed E-state index contributed by atoms with van der Waals surface area (Å²) in [5.41, 5.74) is 2.10. The van der Waals surface area contributed by atoms with Crippen LogP contribution in [-0.4, -0.2) is 43.1 Å². The van der Waals surface area contributed by atoms with E-state index < -0.39 is 0 Å². The molecular weight excluding hydrogens is 434 g/mol. The van der Waals surface area contributed by atoms with Crippen LogP contribution in [0, 0.1) is 11.8 Å². The second-order valence-electron chi connectivity index (χ2n) is 10.3. The van der Waals surface area contributed by atoms with Crippen LogP contribution in [0.15, 0.2) is 48.2 Å². The maximum atomic E-state index is 12.2. The van der Waals surface area contributed by atoms with Crippen LogP contribution < -0.4 is 15.5 Å². The Kier molecular flexibility index (Phi) is 9.15. The summed E-state index contributed by atoms with van der Waals surface area (Å²) in [5.74, 6) is 3.51. The third-order valence-electron chi connectivity index (χ3n) is 7.32. The lowest BCUT2D eigenvalue weighted by Gasteiger charge is -2.28. The summed E-state index contributed by atoms with van der Waals surface area (Å²) in [7, 11) is 4.09. The van der Waals surface area contributed by atoms with Crippen molar-refractivity contribution < 1.29 is 4.79 Å². The number of amides is 1. The SMILES string of the molecule is CN(C)c1nc(CCCCC2CCC(CNC(=O)CNC3=CCCC=C3)CC2)nc2ccccc12. The Morgan fingerprint density at radius 2 is 1.83 bits per heavy atom. The number of allylic oxidation sites excluding steroid dienone is 3. The number of hydrogen-bond donors (Lipinski definition) is 2. The first-order valence-corrected chi connectivity index (χ1v) is 13.4. The van der Waals surface area contributed by atoms with Gasteiger partial charge in [-0.2, -0.15) is 0 Å². The van der Waals surface area contributed by atoms with Gasteiger partial charge in [-0.25, -0.2) is 9.97 Å². The van der Waals surface area contributed by atoms with E-state index in [0.717, 1.165) is 66.4 Å². The third-order valence-corrected chi connectivity index (χ3v) is 7.32. The predicted molar refractivity (Wildman–Crippen MR) is 144 cm³/mol. The molecule has 0 unspecified atom stereocenters. The Balaban J connectivity index is 1.11. The molecule has 2 aromatic rings. The smallest absolute Gasteiger partial charge is 0.239 e. The van der Waals surface area contributed by atoms with E-state index in [1.165, 1.54) is 38.5 Å². The molecule has 0 saturated heterocycles. The highest BCUT2D eigenvalue weighted by Crippen LogP contribution is 2.32. The van der Waals surface area contributed by atoms with Gasteiger partial charge >= 0.3 is 0 Å². The number of unbranched alkanes of at least 4 members (excludes halogenated alkanes) is 1. The Bertz CT molecular complexity index is 1040. The maximum absolute atomic E-state index is 12.2. The van der Waals surface area contributed by atoms with Gasteiger partial charge in [-0.05, 0) is 62.1 Å². The van der Waals surface area contributed by atoms with Crippen LogP contribution in [0.2, 0.25) is 0 Å². The molecule has 0 aliphatic heterocycles. The number of benzene rings is 1. The number of aromatic nitrogens is 2. The first-order chi connectivity index (χ1) is 17.1. The maximum Gasteiger partial charge on any atom is 0.239 e. The summed E-state index contributed by atoms with van der Waals surface area (Å²) >= 11 is 0. The Labute approximate surface area is 210 Å². The molecule has 188 valence electrons. The highest BCUT2D eigenvalue weighted by Gasteiger charge is 2.21. The number of hydrogen-bond acceptors (Lipinski definition) is 5. The Hall–Kier alpha value is -2.89. The zero-order valence-electron chi connectivity index (χ0n) is 21.4. The molecule has 2 aliphatic carbocycles. The number of para-hydroxylation sites is 1. The molecule has 2 aliphatic rings. The fourth-order valence-electron chi connectivity index (χ4n) is 5.25. The first kappa shape index (κ1) is 25.2. The number of fused-ring (bicyclic) bond motifs is 1. The van der Waals surface area contributed by atoms with E-state index in [0.29, 0.717) is 12.5 Å². The minimum Gasteiger partial charge on any atom is -0.376 e. The first-order valence-electron chi connectivity index (χ1n) is 13.4. The van der Waals surface area contributed by atoms with E-state index in [1.807, 2.05) is 26.2 Å². The largest absolute Gasteiger partial charge is 0.376 e. The monoisotopic (exact) mass is 475 g/mol. The van der Waals surface area contributed by atoms with Crippen LogP contribution in [0.5, 0.6) is 0 Å². The molecule has 6 nitrogen and oxygen atoms in total. The van der Waals surface area contributed by atoms with Crippen LogP contribution in [0.3, 0.4) is 0 Å². The van der Waals surface area contributed by atoms with Gasteiger partial charge in [0.1, 0.15) is 11.6 Å². The van der Waals surface area contributed by atoms with Crippen molar-refractivity contribution in [3.8, 4) is 0 Å². The second kappa shape index (κ2) is 12.7. The molecule has 1 aromatic heterocycles. The van der Waals surface area contributed by atoms with Crippen molar-refractivity contribution in [2.75, 3.05) is 32.1 Å². The van der Waals surface area contributed by atoms with Gasteiger partial charge in [0, 0.05) is 38.1 Å². The van der Waals surface area contributed by atoms with E-state index in [1.54, 1.807) is 0 Å². The highest BCUT2D eigenvalue weighted by molar-refractivity contribution is 5.89. The minimum atomic E-state index is 0.0975. The Morgan fingerprint density at radius 3 is 2.60 bits per heavy atom. The summed E-state index contributed by atoms with van der Waals surface area (Å²) in [6.07, 6.45) is 18.1. The quantitative estimate of drug-likeness (QED) is 0.440. The number of aryl methyl sites for hydroxylation is 1. The van der Waals surface area contributed by atoms with Crippen molar-refractivity contribution in [2.45, 2.75) is 64.2 Å². The summed E-state index contributed by atoms with van der Waals surface area (Å²) in [6.45, 7) is 1.18. The topological polar surface area (TPSA) is 70.2 Å². The van der Waals surface area contributed by atoms with Gasteiger partial charge < -0.3 is 15.5 Å².